The largest absolute Gasteiger partial charge is 0.267 e. The first-order chi connectivity index (χ1) is 11.6. The number of fused-ring (bicyclic) bond motifs is 1. The molecule has 0 aliphatic rings. The number of para-hydroxylation sites is 1. The van der Waals surface area contributed by atoms with E-state index in [1.807, 2.05) is 71.1 Å². The number of nitrogens with zero attached hydrogens (tertiary/aromatic N) is 2. The van der Waals surface area contributed by atoms with Gasteiger partial charge in [-0.1, -0.05) is 51.1 Å². The predicted molar refractivity (Wildman–Crippen MR) is 103 cm³/mol. The molecule has 24 heavy (non-hydrogen) atoms. The third kappa shape index (κ3) is 4.31. The Kier molecular flexibility index (Phi) is 7.90. The topological polar surface area (TPSA) is 17.8 Å². The second kappa shape index (κ2) is 9.66. The maximum Gasteiger partial charge on any atom is 0.132 e. The number of aryl methyl sites for hydroxylation is 2. The van der Waals surface area contributed by atoms with E-state index in [0.29, 0.717) is 11.3 Å². The number of halogens is 1. The first-order valence-electron chi connectivity index (χ1n) is 8.40. The van der Waals surface area contributed by atoms with Gasteiger partial charge in [0.25, 0.3) is 0 Å². The second-order valence-corrected chi connectivity index (χ2v) is 5.07. The summed E-state index contributed by atoms with van der Waals surface area (Å²) in [5, 5.41) is 5.43. The molecule has 0 fully saturated rings. The van der Waals surface area contributed by atoms with Crippen molar-refractivity contribution in [3.05, 3.63) is 66.5 Å². The number of benzene rings is 2. The highest BCUT2D eigenvalue weighted by molar-refractivity contribution is 5.93. The van der Waals surface area contributed by atoms with Crippen molar-refractivity contribution in [1.82, 2.24) is 9.78 Å². The lowest BCUT2D eigenvalue weighted by Crippen LogP contribution is -1.92. The summed E-state index contributed by atoms with van der Waals surface area (Å²) < 4.78 is 16.0. The molecule has 0 aliphatic heterocycles. The van der Waals surface area contributed by atoms with Crippen LogP contribution in [0.4, 0.5) is 4.39 Å². The monoisotopic (exact) mass is 326 g/mol. The first-order valence-corrected chi connectivity index (χ1v) is 8.40. The Balaban J connectivity index is 0.000000521. The molecule has 3 rings (SSSR count). The number of rotatable bonds is 2. The van der Waals surface area contributed by atoms with E-state index in [1.165, 1.54) is 0 Å². The van der Waals surface area contributed by atoms with Crippen LogP contribution in [0.3, 0.4) is 0 Å². The van der Waals surface area contributed by atoms with Crippen molar-refractivity contribution in [3.8, 4) is 11.3 Å². The molecule has 0 saturated heterocycles. The summed E-state index contributed by atoms with van der Waals surface area (Å²) >= 11 is 0. The summed E-state index contributed by atoms with van der Waals surface area (Å²) in [5.74, 6) is -0.205. The molecule has 0 bridgehead atoms. The van der Waals surface area contributed by atoms with E-state index in [0.717, 1.165) is 22.9 Å². The van der Waals surface area contributed by atoms with E-state index in [9.17, 15) is 4.39 Å². The molecule has 0 aliphatic carbocycles. The van der Waals surface area contributed by atoms with Crippen LogP contribution >= 0.6 is 0 Å². The molecule has 0 atom stereocenters. The quantitative estimate of drug-likeness (QED) is 0.516. The zero-order valence-electron chi connectivity index (χ0n) is 15.3. The lowest BCUT2D eigenvalue weighted by atomic mass is 10.0. The smallest absolute Gasteiger partial charge is 0.132 e. The van der Waals surface area contributed by atoms with Gasteiger partial charge in [-0.25, -0.2) is 4.39 Å². The van der Waals surface area contributed by atoms with E-state index >= 15 is 0 Å². The molecule has 0 saturated carbocycles. The predicted octanol–water partition coefficient (Wildman–Crippen LogP) is 6.16. The Bertz CT molecular complexity index is 788. The van der Waals surface area contributed by atoms with Crippen LogP contribution in [-0.4, -0.2) is 9.78 Å². The summed E-state index contributed by atoms with van der Waals surface area (Å²) in [5.41, 5.74) is 3.28. The van der Waals surface area contributed by atoms with E-state index < -0.39 is 0 Å². The van der Waals surface area contributed by atoms with Gasteiger partial charge in [0.05, 0.1) is 5.52 Å². The Labute approximate surface area is 144 Å². The maximum absolute atomic E-state index is 14.2. The zero-order valence-corrected chi connectivity index (χ0v) is 15.3. The van der Waals surface area contributed by atoms with E-state index in [4.69, 9.17) is 0 Å². The molecule has 1 heterocycles. The minimum atomic E-state index is -0.205. The molecule has 3 aromatic rings. The van der Waals surface area contributed by atoms with Gasteiger partial charge < -0.3 is 0 Å². The summed E-state index contributed by atoms with van der Waals surface area (Å²) in [6.07, 6.45) is 2.58. The van der Waals surface area contributed by atoms with E-state index in [-0.39, 0.29) is 5.82 Å². The SMILES string of the molecule is C=CC.CC.CCc1ccc(-c2nn(C)c3ccccc23)c(F)c1. The number of hydrogen-bond donors (Lipinski definition) is 0. The molecule has 2 nitrogen and oxygen atoms in total. The minimum absolute atomic E-state index is 0.205. The molecule has 2 aromatic carbocycles. The molecule has 0 amide bonds. The van der Waals surface area contributed by atoms with Crippen LogP contribution in [0.5, 0.6) is 0 Å². The van der Waals surface area contributed by atoms with Crippen molar-refractivity contribution in [2.45, 2.75) is 34.1 Å². The van der Waals surface area contributed by atoms with Crippen LogP contribution in [0, 0.1) is 5.82 Å². The summed E-state index contributed by atoms with van der Waals surface area (Å²) in [7, 11) is 1.88. The highest BCUT2D eigenvalue weighted by Gasteiger charge is 2.13. The van der Waals surface area contributed by atoms with Gasteiger partial charge in [0.2, 0.25) is 0 Å². The lowest BCUT2D eigenvalue weighted by molar-refractivity contribution is 0.628. The molecular formula is C21H27FN2. The zero-order chi connectivity index (χ0) is 18.1. The van der Waals surface area contributed by atoms with Crippen LogP contribution in [0.25, 0.3) is 22.2 Å². The first kappa shape index (κ1) is 19.6. The van der Waals surface area contributed by atoms with E-state index in [2.05, 4.69) is 11.7 Å². The van der Waals surface area contributed by atoms with Crippen molar-refractivity contribution < 1.29 is 4.39 Å². The summed E-state index contributed by atoms with van der Waals surface area (Å²) in [6, 6.07) is 13.3. The average Bonchev–Trinajstić information content (AvgIpc) is 2.94. The molecule has 1 aromatic heterocycles. The molecule has 0 spiro atoms. The minimum Gasteiger partial charge on any atom is -0.267 e. The molecule has 0 unspecified atom stereocenters. The summed E-state index contributed by atoms with van der Waals surface area (Å²) in [6.45, 7) is 11.3. The van der Waals surface area contributed by atoms with Gasteiger partial charge in [-0.05, 0) is 37.1 Å². The molecule has 0 N–H and O–H groups in total. The van der Waals surface area contributed by atoms with Crippen molar-refractivity contribution in [1.29, 1.82) is 0 Å². The maximum atomic E-state index is 14.2. The molecule has 128 valence electrons. The highest BCUT2D eigenvalue weighted by Crippen LogP contribution is 2.29. The second-order valence-electron chi connectivity index (χ2n) is 5.07. The third-order valence-electron chi connectivity index (χ3n) is 3.45. The van der Waals surface area contributed by atoms with E-state index in [1.54, 1.807) is 16.8 Å². The van der Waals surface area contributed by atoms with Crippen molar-refractivity contribution in [2.75, 3.05) is 0 Å². The standard InChI is InChI=1S/C16H15FN2.C3H6.C2H6/c1-3-11-8-9-12(14(17)10-11)16-13-6-4-5-7-15(13)19(2)18-16;1-3-2;1-2/h4-10H,3H2,1-2H3;3H,1H2,2H3;1-2H3. The van der Waals surface area contributed by atoms with Crippen LogP contribution in [-0.2, 0) is 13.5 Å². The molecule has 0 radical (unpaired) electrons. The third-order valence-corrected chi connectivity index (χ3v) is 3.45. The van der Waals surface area contributed by atoms with Crippen LogP contribution in [0.2, 0.25) is 0 Å². The van der Waals surface area contributed by atoms with Gasteiger partial charge in [0.15, 0.2) is 0 Å². The van der Waals surface area contributed by atoms with Gasteiger partial charge in [-0.15, -0.1) is 6.58 Å². The highest BCUT2D eigenvalue weighted by atomic mass is 19.1. The molecule has 3 heteroatoms. The summed E-state index contributed by atoms with van der Waals surface area (Å²) in [4.78, 5) is 0. The number of hydrogen-bond acceptors (Lipinski definition) is 1. The van der Waals surface area contributed by atoms with Crippen molar-refractivity contribution in [2.24, 2.45) is 7.05 Å². The molecular weight excluding hydrogens is 299 g/mol. The van der Waals surface area contributed by atoms with Crippen molar-refractivity contribution in [3.63, 3.8) is 0 Å². The van der Waals surface area contributed by atoms with Gasteiger partial charge in [-0.3, -0.25) is 4.68 Å². The van der Waals surface area contributed by atoms with Gasteiger partial charge in [0, 0.05) is 18.0 Å². The van der Waals surface area contributed by atoms with Crippen LogP contribution < -0.4 is 0 Å². The Morgan fingerprint density at radius 1 is 1.17 bits per heavy atom. The van der Waals surface area contributed by atoms with Gasteiger partial charge in [0.1, 0.15) is 11.5 Å². The lowest BCUT2D eigenvalue weighted by Gasteiger charge is -2.03. The Morgan fingerprint density at radius 3 is 2.38 bits per heavy atom. The average molecular weight is 326 g/mol. The van der Waals surface area contributed by atoms with Gasteiger partial charge in [-0.2, -0.15) is 5.10 Å². The number of allylic oxidation sites excluding steroid dienone is 1. The normalized spacial score (nSPS) is 9.58. The van der Waals surface area contributed by atoms with Crippen LogP contribution in [0.1, 0.15) is 33.3 Å². The Morgan fingerprint density at radius 2 is 1.79 bits per heavy atom. The Hall–Kier alpha value is -2.42. The van der Waals surface area contributed by atoms with Crippen molar-refractivity contribution >= 4 is 10.9 Å². The fourth-order valence-electron chi connectivity index (χ4n) is 2.38. The van der Waals surface area contributed by atoms with Crippen LogP contribution in [0.15, 0.2) is 55.1 Å². The fraction of sp³-hybridized carbons (Fsp3) is 0.286. The number of aromatic nitrogens is 2. The van der Waals surface area contributed by atoms with Gasteiger partial charge >= 0.3 is 0 Å². The fourth-order valence-corrected chi connectivity index (χ4v) is 2.38.